The highest BCUT2D eigenvalue weighted by Gasteiger charge is 2.14. The van der Waals surface area contributed by atoms with Gasteiger partial charge in [-0.05, 0) is 31.2 Å². The molecule has 0 saturated heterocycles. The number of nitrogens with zero attached hydrogens (tertiary/aromatic N) is 1. The van der Waals surface area contributed by atoms with E-state index in [4.69, 9.17) is 10.5 Å². The summed E-state index contributed by atoms with van der Waals surface area (Å²) in [4.78, 5) is 12.2. The van der Waals surface area contributed by atoms with E-state index in [1.807, 2.05) is 25.1 Å². The quantitative estimate of drug-likeness (QED) is 0.672. The summed E-state index contributed by atoms with van der Waals surface area (Å²) in [6.45, 7) is 1.90. The third kappa shape index (κ3) is 3.53. The maximum Gasteiger partial charge on any atom is 0.269 e. The van der Waals surface area contributed by atoms with Crippen molar-refractivity contribution in [2.45, 2.75) is 22.8 Å². The van der Waals surface area contributed by atoms with Gasteiger partial charge in [0.25, 0.3) is 5.69 Å². The van der Waals surface area contributed by atoms with Gasteiger partial charge in [-0.15, -0.1) is 0 Å². The number of nitro groups is 1. The summed E-state index contributed by atoms with van der Waals surface area (Å²) in [5, 5.41) is 10.7. The van der Waals surface area contributed by atoms with Gasteiger partial charge in [0.2, 0.25) is 0 Å². The molecule has 5 nitrogen and oxygen atoms in total. The molecule has 21 heavy (non-hydrogen) atoms. The van der Waals surface area contributed by atoms with Crippen LogP contribution in [0.1, 0.15) is 18.5 Å². The first-order valence-electron chi connectivity index (χ1n) is 6.37. The molecule has 0 aliphatic heterocycles. The maximum absolute atomic E-state index is 10.7. The number of ether oxygens (including phenoxy) is 1. The van der Waals surface area contributed by atoms with Gasteiger partial charge in [0.05, 0.1) is 12.0 Å². The van der Waals surface area contributed by atoms with Crippen molar-refractivity contribution in [1.29, 1.82) is 0 Å². The summed E-state index contributed by atoms with van der Waals surface area (Å²) in [6.07, 6.45) is 0. The highest BCUT2D eigenvalue weighted by Crippen LogP contribution is 2.38. The van der Waals surface area contributed by atoms with Crippen LogP contribution in [-0.4, -0.2) is 12.0 Å². The van der Waals surface area contributed by atoms with E-state index in [1.165, 1.54) is 23.9 Å². The monoisotopic (exact) mass is 304 g/mol. The van der Waals surface area contributed by atoms with E-state index in [1.54, 1.807) is 19.2 Å². The molecule has 0 aliphatic rings. The van der Waals surface area contributed by atoms with Gasteiger partial charge in [-0.2, -0.15) is 0 Å². The molecule has 0 amide bonds. The predicted octanol–water partition coefficient (Wildman–Crippen LogP) is 3.77. The molecule has 0 aliphatic carbocycles. The zero-order chi connectivity index (χ0) is 15.4. The Balaban J connectivity index is 2.33. The number of nitro benzene ring substituents is 1. The van der Waals surface area contributed by atoms with Crippen LogP contribution < -0.4 is 10.5 Å². The number of rotatable bonds is 5. The Morgan fingerprint density at radius 3 is 2.43 bits per heavy atom. The average Bonchev–Trinajstić information content (AvgIpc) is 2.47. The van der Waals surface area contributed by atoms with Gasteiger partial charge in [-0.1, -0.05) is 17.8 Å². The van der Waals surface area contributed by atoms with Crippen LogP contribution in [0.15, 0.2) is 52.3 Å². The lowest BCUT2D eigenvalue weighted by atomic mass is 10.1. The number of hydrogen-bond acceptors (Lipinski definition) is 5. The molecule has 0 spiro atoms. The van der Waals surface area contributed by atoms with E-state index in [9.17, 15) is 10.1 Å². The number of non-ortho nitro benzene ring substituents is 1. The summed E-state index contributed by atoms with van der Waals surface area (Å²) >= 11 is 1.51. The second-order valence-corrected chi connectivity index (χ2v) is 5.63. The Hall–Kier alpha value is -2.05. The molecule has 6 heteroatoms. The predicted molar refractivity (Wildman–Crippen MR) is 82.8 cm³/mol. The van der Waals surface area contributed by atoms with Crippen LogP contribution in [-0.2, 0) is 0 Å². The summed E-state index contributed by atoms with van der Waals surface area (Å²) in [5.74, 6) is 0.747. The lowest BCUT2D eigenvalue weighted by molar-refractivity contribution is -0.384. The lowest BCUT2D eigenvalue weighted by Gasteiger charge is -2.16. The molecule has 2 rings (SSSR count). The molecule has 0 bridgehead atoms. The minimum Gasteiger partial charge on any atom is -0.496 e. The van der Waals surface area contributed by atoms with Crippen LogP contribution in [0.3, 0.4) is 0 Å². The molecule has 2 aromatic carbocycles. The zero-order valence-electron chi connectivity index (χ0n) is 11.8. The fourth-order valence-electron chi connectivity index (χ4n) is 2.00. The minimum absolute atomic E-state index is 0.0809. The second kappa shape index (κ2) is 6.60. The van der Waals surface area contributed by atoms with Gasteiger partial charge in [0, 0.05) is 33.5 Å². The Labute approximate surface area is 127 Å². The molecule has 0 aromatic heterocycles. The molecule has 0 saturated carbocycles. The second-order valence-electron chi connectivity index (χ2n) is 4.51. The fourth-order valence-corrected chi connectivity index (χ4v) is 3.07. The zero-order valence-corrected chi connectivity index (χ0v) is 12.6. The van der Waals surface area contributed by atoms with Crippen LogP contribution >= 0.6 is 11.8 Å². The van der Waals surface area contributed by atoms with Gasteiger partial charge >= 0.3 is 0 Å². The van der Waals surface area contributed by atoms with Crippen LogP contribution in [0.25, 0.3) is 0 Å². The Kier molecular flexibility index (Phi) is 4.82. The van der Waals surface area contributed by atoms with Crippen molar-refractivity contribution in [2.24, 2.45) is 5.73 Å². The Bertz CT molecular complexity index is 642. The van der Waals surface area contributed by atoms with E-state index >= 15 is 0 Å². The topological polar surface area (TPSA) is 78.4 Å². The van der Waals surface area contributed by atoms with Gasteiger partial charge in [0.1, 0.15) is 5.75 Å². The lowest BCUT2D eigenvalue weighted by Crippen LogP contribution is -2.08. The standard InChI is InChI=1S/C15H16N2O3S/c1-10(16)15-13(20-2)4-3-5-14(15)21-12-8-6-11(7-9-12)17(18)19/h3-10H,16H2,1-2H3/t10-/m1/s1. The van der Waals surface area contributed by atoms with Crippen molar-refractivity contribution in [2.75, 3.05) is 7.11 Å². The van der Waals surface area contributed by atoms with Crippen LogP contribution in [0, 0.1) is 10.1 Å². The van der Waals surface area contributed by atoms with Crippen molar-refractivity contribution in [3.05, 3.63) is 58.1 Å². The molecule has 0 fully saturated rings. The molecule has 2 N–H and O–H groups in total. The van der Waals surface area contributed by atoms with Gasteiger partial charge in [-0.25, -0.2) is 0 Å². The van der Waals surface area contributed by atoms with Crippen LogP contribution in [0.4, 0.5) is 5.69 Å². The van der Waals surface area contributed by atoms with Crippen molar-refractivity contribution >= 4 is 17.4 Å². The fraction of sp³-hybridized carbons (Fsp3) is 0.200. The third-order valence-electron chi connectivity index (χ3n) is 2.98. The normalized spacial score (nSPS) is 12.0. The molecular formula is C15H16N2O3S. The van der Waals surface area contributed by atoms with Gasteiger partial charge < -0.3 is 10.5 Å². The summed E-state index contributed by atoms with van der Waals surface area (Å²) in [5.41, 5.74) is 7.04. The van der Waals surface area contributed by atoms with Crippen molar-refractivity contribution < 1.29 is 9.66 Å². The van der Waals surface area contributed by atoms with Crippen LogP contribution in [0.5, 0.6) is 5.75 Å². The highest BCUT2D eigenvalue weighted by atomic mass is 32.2. The number of methoxy groups -OCH3 is 1. The Morgan fingerprint density at radius 2 is 1.90 bits per heavy atom. The number of nitrogens with two attached hydrogens (primary N) is 1. The Morgan fingerprint density at radius 1 is 1.24 bits per heavy atom. The van der Waals surface area contributed by atoms with E-state index in [-0.39, 0.29) is 11.7 Å². The molecule has 0 radical (unpaired) electrons. The molecule has 1 atom stereocenters. The minimum atomic E-state index is -0.409. The van der Waals surface area contributed by atoms with E-state index in [0.29, 0.717) is 0 Å². The molecular weight excluding hydrogens is 288 g/mol. The van der Waals surface area contributed by atoms with Crippen molar-refractivity contribution in [1.82, 2.24) is 0 Å². The highest BCUT2D eigenvalue weighted by molar-refractivity contribution is 7.99. The maximum atomic E-state index is 10.7. The van der Waals surface area contributed by atoms with Gasteiger partial charge in [-0.3, -0.25) is 10.1 Å². The number of hydrogen-bond donors (Lipinski definition) is 1. The van der Waals surface area contributed by atoms with Crippen LogP contribution in [0.2, 0.25) is 0 Å². The summed E-state index contributed by atoms with van der Waals surface area (Å²) in [6, 6.07) is 12.0. The van der Waals surface area contributed by atoms with E-state index in [2.05, 4.69) is 0 Å². The smallest absolute Gasteiger partial charge is 0.269 e. The third-order valence-corrected chi connectivity index (χ3v) is 4.06. The SMILES string of the molecule is COc1cccc(Sc2ccc([N+](=O)[O-])cc2)c1[C@@H](C)N. The van der Waals surface area contributed by atoms with Crippen molar-refractivity contribution in [3.63, 3.8) is 0 Å². The molecule has 0 heterocycles. The van der Waals surface area contributed by atoms with Crippen molar-refractivity contribution in [3.8, 4) is 5.75 Å². The number of benzene rings is 2. The molecule has 2 aromatic rings. The molecule has 0 unspecified atom stereocenters. The van der Waals surface area contributed by atoms with Gasteiger partial charge in [0.15, 0.2) is 0 Å². The van der Waals surface area contributed by atoms with E-state index < -0.39 is 4.92 Å². The first-order valence-corrected chi connectivity index (χ1v) is 7.19. The van der Waals surface area contributed by atoms with E-state index in [0.717, 1.165) is 21.1 Å². The molecule has 110 valence electrons. The average molecular weight is 304 g/mol. The summed E-state index contributed by atoms with van der Waals surface area (Å²) < 4.78 is 5.35. The largest absolute Gasteiger partial charge is 0.496 e. The first-order chi connectivity index (χ1) is 10.0. The summed E-state index contributed by atoms with van der Waals surface area (Å²) in [7, 11) is 1.61. The first kappa shape index (κ1) is 15.3.